The molecular weight excluding hydrogens is 292 g/mol. The van der Waals surface area contributed by atoms with Crippen molar-refractivity contribution in [2.75, 3.05) is 13.2 Å². The fraction of sp³-hybridized carbons (Fsp3) is 0.529. The average molecular weight is 314 g/mol. The Morgan fingerprint density at radius 2 is 2.13 bits per heavy atom. The largest absolute Gasteiger partial charge is 0.486 e. The summed E-state index contributed by atoms with van der Waals surface area (Å²) in [6.45, 7) is 5.11. The molecule has 2 aliphatic heterocycles. The van der Waals surface area contributed by atoms with E-state index in [4.69, 9.17) is 9.47 Å². The molecule has 1 aromatic carbocycles. The maximum absolute atomic E-state index is 5.77. The van der Waals surface area contributed by atoms with E-state index in [1.54, 1.807) is 0 Å². The summed E-state index contributed by atoms with van der Waals surface area (Å²) in [5, 5.41) is 12.3. The fourth-order valence-electron chi connectivity index (χ4n) is 3.28. The second kappa shape index (κ2) is 6.20. The third-order valence-electron chi connectivity index (χ3n) is 4.52. The molecule has 0 fully saturated rings. The Labute approximate surface area is 135 Å². The van der Waals surface area contributed by atoms with Gasteiger partial charge in [-0.15, -0.1) is 10.2 Å². The van der Waals surface area contributed by atoms with Crippen molar-refractivity contribution in [1.82, 2.24) is 20.1 Å². The summed E-state index contributed by atoms with van der Waals surface area (Å²) in [5.74, 6) is 3.85. The number of ether oxygens (including phenoxy) is 2. The van der Waals surface area contributed by atoms with Crippen molar-refractivity contribution in [1.29, 1.82) is 0 Å². The van der Waals surface area contributed by atoms with Crippen LogP contribution in [0.5, 0.6) is 11.5 Å². The summed E-state index contributed by atoms with van der Waals surface area (Å²) in [7, 11) is 0. The molecule has 0 saturated carbocycles. The van der Waals surface area contributed by atoms with Crippen LogP contribution in [-0.2, 0) is 19.5 Å². The molecule has 0 amide bonds. The van der Waals surface area contributed by atoms with Crippen molar-refractivity contribution >= 4 is 0 Å². The van der Waals surface area contributed by atoms with Gasteiger partial charge in [0.25, 0.3) is 0 Å². The Hall–Kier alpha value is -2.08. The second-order valence-corrected chi connectivity index (χ2v) is 6.13. The van der Waals surface area contributed by atoms with E-state index in [0.717, 1.165) is 48.2 Å². The Bertz CT molecular complexity index is 698. The van der Waals surface area contributed by atoms with E-state index in [1.807, 2.05) is 12.1 Å². The number of aryl methyl sites for hydroxylation is 1. The van der Waals surface area contributed by atoms with Crippen LogP contribution in [-0.4, -0.2) is 28.0 Å². The highest BCUT2D eigenvalue weighted by Crippen LogP contribution is 2.33. The number of para-hydroxylation sites is 1. The lowest BCUT2D eigenvalue weighted by Crippen LogP contribution is -2.24. The smallest absolute Gasteiger partial charge is 0.165 e. The summed E-state index contributed by atoms with van der Waals surface area (Å²) in [5.41, 5.74) is 1.12. The topological polar surface area (TPSA) is 61.2 Å². The molecule has 1 atom stereocenters. The summed E-state index contributed by atoms with van der Waals surface area (Å²) < 4.78 is 13.7. The number of hydrogen-bond donors (Lipinski definition) is 1. The molecule has 0 bridgehead atoms. The highest BCUT2D eigenvalue weighted by atomic mass is 16.6. The zero-order chi connectivity index (χ0) is 15.6. The van der Waals surface area contributed by atoms with Gasteiger partial charge in [0.2, 0.25) is 0 Å². The molecule has 2 aromatic rings. The number of nitrogens with one attached hydrogen (secondary N) is 1. The Morgan fingerprint density at radius 3 is 3.09 bits per heavy atom. The SMILES string of the molecule is CC(NCc1cccc2c1OCCO2)c1nnc2n1CCCC2. The summed E-state index contributed by atoms with van der Waals surface area (Å²) in [6, 6.07) is 6.19. The molecule has 0 radical (unpaired) electrons. The van der Waals surface area contributed by atoms with Crippen molar-refractivity contribution in [2.24, 2.45) is 0 Å². The highest BCUT2D eigenvalue weighted by molar-refractivity contribution is 5.47. The zero-order valence-electron chi connectivity index (χ0n) is 13.4. The zero-order valence-corrected chi connectivity index (χ0v) is 13.4. The molecule has 0 aliphatic carbocycles. The summed E-state index contributed by atoms with van der Waals surface area (Å²) >= 11 is 0. The minimum Gasteiger partial charge on any atom is -0.486 e. The van der Waals surface area contributed by atoms with E-state index >= 15 is 0 Å². The molecule has 1 unspecified atom stereocenters. The lowest BCUT2D eigenvalue weighted by Gasteiger charge is -2.22. The van der Waals surface area contributed by atoms with E-state index in [2.05, 4.69) is 33.1 Å². The minimum atomic E-state index is 0.148. The van der Waals surface area contributed by atoms with Crippen molar-refractivity contribution in [2.45, 2.75) is 45.3 Å². The summed E-state index contributed by atoms with van der Waals surface area (Å²) in [6.07, 6.45) is 3.46. The van der Waals surface area contributed by atoms with Crippen molar-refractivity contribution in [3.8, 4) is 11.5 Å². The van der Waals surface area contributed by atoms with E-state index in [1.165, 1.54) is 12.8 Å². The quantitative estimate of drug-likeness (QED) is 0.938. The molecule has 2 aliphatic rings. The molecular formula is C17H22N4O2. The number of rotatable bonds is 4. The molecule has 23 heavy (non-hydrogen) atoms. The second-order valence-electron chi connectivity index (χ2n) is 6.13. The van der Waals surface area contributed by atoms with Crippen LogP contribution in [0.15, 0.2) is 18.2 Å². The van der Waals surface area contributed by atoms with Gasteiger partial charge in [-0.2, -0.15) is 0 Å². The van der Waals surface area contributed by atoms with Crippen LogP contribution in [0.4, 0.5) is 0 Å². The third kappa shape index (κ3) is 2.79. The Kier molecular flexibility index (Phi) is 3.91. The van der Waals surface area contributed by atoms with E-state index in [0.29, 0.717) is 13.2 Å². The van der Waals surface area contributed by atoms with Crippen LogP contribution >= 0.6 is 0 Å². The van der Waals surface area contributed by atoms with Gasteiger partial charge in [-0.25, -0.2) is 0 Å². The molecule has 1 aromatic heterocycles. The maximum atomic E-state index is 5.77. The highest BCUT2D eigenvalue weighted by Gasteiger charge is 2.21. The van der Waals surface area contributed by atoms with Gasteiger partial charge in [-0.3, -0.25) is 0 Å². The lowest BCUT2D eigenvalue weighted by molar-refractivity contribution is 0.169. The number of fused-ring (bicyclic) bond motifs is 2. The van der Waals surface area contributed by atoms with Crippen LogP contribution in [0.25, 0.3) is 0 Å². The molecule has 0 spiro atoms. The van der Waals surface area contributed by atoms with E-state index in [-0.39, 0.29) is 6.04 Å². The maximum Gasteiger partial charge on any atom is 0.165 e. The van der Waals surface area contributed by atoms with Gasteiger partial charge >= 0.3 is 0 Å². The van der Waals surface area contributed by atoms with Gasteiger partial charge in [-0.05, 0) is 25.8 Å². The van der Waals surface area contributed by atoms with E-state index < -0.39 is 0 Å². The molecule has 4 rings (SSSR count). The summed E-state index contributed by atoms with van der Waals surface area (Å²) in [4.78, 5) is 0. The normalized spacial score (nSPS) is 17.6. The third-order valence-corrected chi connectivity index (χ3v) is 4.52. The van der Waals surface area contributed by atoms with Crippen molar-refractivity contribution in [3.63, 3.8) is 0 Å². The number of benzene rings is 1. The van der Waals surface area contributed by atoms with Crippen LogP contribution < -0.4 is 14.8 Å². The van der Waals surface area contributed by atoms with Gasteiger partial charge in [0, 0.05) is 25.1 Å². The van der Waals surface area contributed by atoms with Crippen molar-refractivity contribution < 1.29 is 9.47 Å². The lowest BCUT2D eigenvalue weighted by atomic mass is 10.1. The fourth-order valence-corrected chi connectivity index (χ4v) is 3.28. The first-order valence-corrected chi connectivity index (χ1v) is 8.36. The first-order chi connectivity index (χ1) is 11.3. The molecule has 0 saturated heterocycles. The number of aromatic nitrogens is 3. The van der Waals surface area contributed by atoms with Gasteiger partial charge in [0.05, 0.1) is 6.04 Å². The van der Waals surface area contributed by atoms with Crippen LogP contribution in [0.1, 0.15) is 43.0 Å². The average Bonchev–Trinajstić information content (AvgIpc) is 3.04. The number of nitrogens with zero attached hydrogens (tertiary/aromatic N) is 3. The number of hydrogen-bond acceptors (Lipinski definition) is 5. The van der Waals surface area contributed by atoms with Crippen LogP contribution in [0.2, 0.25) is 0 Å². The molecule has 3 heterocycles. The predicted octanol–water partition coefficient (Wildman–Crippen LogP) is 2.24. The van der Waals surface area contributed by atoms with Gasteiger partial charge in [0.1, 0.15) is 24.9 Å². The monoisotopic (exact) mass is 314 g/mol. The molecule has 6 heteroatoms. The van der Waals surface area contributed by atoms with Crippen LogP contribution in [0.3, 0.4) is 0 Å². The van der Waals surface area contributed by atoms with E-state index in [9.17, 15) is 0 Å². The first kappa shape index (κ1) is 14.5. The van der Waals surface area contributed by atoms with Crippen molar-refractivity contribution in [3.05, 3.63) is 35.4 Å². The predicted molar refractivity (Wildman–Crippen MR) is 85.6 cm³/mol. The molecule has 1 N–H and O–H groups in total. The first-order valence-electron chi connectivity index (χ1n) is 8.36. The molecule has 6 nitrogen and oxygen atoms in total. The minimum absolute atomic E-state index is 0.148. The van der Waals surface area contributed by atoms with Gasteiger partial charge in [0.15, 0.2) is 11.5 Å². The standard InChI is InChI=1S/C17H22N4O2/c1-12(17-20-19-15-7-2-3-8-21(15)17)18-11-13-5-4-6-14-16(13)23-10-9-22-14/h4-6,12,18H,2-3,7-11H2,1H3. The van der Waals surface area contributed by atoms with Crippen LogP contribution in [0, 0.1) is 0 Å². The van der Waals surface area contributed by atoms with Gasteiger partial charge < -0.3 is 19.4 Å². The Morgan fingerprint density at radius 1 is 1.22 bits per heavy atom. The van der Waals surface area contributed by atoms with Gasteiger partial charge in [-0.1, -0.05) is 12.1 Å². The molecule has 122 valence electrons. The Balaban J connectivity index is 1.48.